The molecule has 1 aromatic carbocycles. The Labute approximate surface area is 190 Å². The summed E-state index contributed by atoms with van der Waals surface area (Å²) in [5.74, 6) is 2.01. The van der Waals surface area contributed by atoms with Gasteiger partial charge in [-0.15, -0.1) is 10.2 Å². The van der Waals surface area contributed by atoms with E-state index in [1.54, 1.807) is 10.9 Å². The molecule has 32 heavy (non-hydrogen) atoms. The van der Waals surface area contributed by atoms with Gasteiger partial charge in [0.2, 0.25) is 5.95 Å². The van der Waals surface area contributed by atoms with Crippen molar-refractivity contribution in [3.8, 4) is 0 Å². The summed E-state index contributed by atoms with van der Waals surface area (Å²) in [6, 6.07) is 10.1. The normalized spacial score (nSPS) is 14.7. The number of fused-ring (bicyclic) bond motifs is 1. The van der Waals surface area contributed by atoms with E-state index in [1.165, 1.54) is 0 Å². The molecule has 164 valence electrons. The predicted molar refractivity (Wildman–Crippen MR) is 124 cm³/mol. The number of anilines is 4. The average molecular weight is 451 g/mol. The molecule has 5 rings (SSSR count). The van der Waals surface area contributed by atoms with Crippen LogP contribution >= 0.6 is 11.6 Å². The third kappa shape index (κ3) is 4.26. The lowest BCUT2D eigenvalue weighted by atomic mass is 10.1. The van der Waals surface area contributed by atoms with Crippen LogP contribution in [0.25, 0.3) is 11.0 Å². The van der Waals surface area contributed by atoms with Gasteiger partial charge in [-0.3, -0.25) is 0 Å². The van der Waals surface area contributed by atoms with Crippen LogP contribution in [-0.2, 0) is 7.05 Å². The number of aromatic nitrogens is 7. The van der Waals surface area contributed by atoms with E-state index in [0.29, 0.717) is 16.8 Å². The summed E-state index contributed by atoms with van der Waals surface area (Å²) >= 11 is 6.37. The molecular weight excluding hydrogens is 428 g/mol. The molecule has 4 aromatic rings. The maximum absolute atomic E-state index is 6.37. The number of aryl methyl sites for hydroxylation is 2. The molecule has 1 saturated heterocycles. The first kappa shape index (κ1) is 20.4. The van der Waals surface area contributed by atoms with Gasteiger partial charge in [0.05, 0.1) is 17.4 Å². The zero-order valence-corrected chi connectivity index (χ0v) is 18.6. The van der Waals surface area contributed by atoms with Crippen molar-refractivity contribution < 1.29 is 0 Å². The van der Waals surface area contributed by atoms with Gasteiger partial charge >= 0.3 is 0 Å². The quantitative estimate of drug-likeness (QED) is 0.473. The zero-order valence-electron chi connectivity index (χ0n) is 17.8. The Morgan fingerprint density at radius 2 is 1.91 bits per heavy atom. The van der Waals surface area contributed by atoms with E-state index in [1.807, 2.05) is 44.3 Å². The molecule has 1 aliphatic rings. The molecule has 0 saturated carbocycles. The topological polar surface area (TPSA) is 110 Å². The van der Waals surface area contributed by atoms with E-state index in [0.717, 1.165) is 54.2 Å². The number of benzene rings is 1. The van der Waals surface area contributed by atoms with Crippen LogP contribution < -0.4 is 15.5 Å². The molecule has 10 nitrogen and oxygen atoms in total. The Morgan fingerprint density at radius 3 is 2.69 bits per heavy atom. The molecule has 0 amide bonds. The van der Waals surface area contributed by atoms with Crippen LogP contribution in [0.1, 0.15) is 18.5 Å². The number of rotatable bonds is 5. The first-order valence-electron chi connectivity index (χ1n) is 10.5. The van der Waals surface area contributed by atoms with Gasteiger partial charge in [0.15, 0.2) is 11.6 Å². The molecule has 2 N–H and O–H groups in total. The minimum Gasteiger partial charge on any atom is -0.366 e. The highest BCUT2D eigenvalue weighted by Gasteiger charge is 2.21. The Balaban J connectivity index is 1.24. The predicted octanol–water partition coefficient (Wildman–Crippen LogP) is 3.33. The van der Waals surface area contributed by atoms with E-state index in [4.69, 9.17) is 11.6 Å². The van der Waals surface area contributed by atoms with Crippen molar-refractivity contribution in [2.24, 2.45) is 7.05 Å². The highest BCUT2D eigenvalue weighted by Crippen LogP contribution is 2.26. The lowest BCUT2D eigenvalue weighted by Crippen LogP contribution is -2.39. The van der Waals surface area contributed by atoms with Gasteiger partial charge in [-0.25, -0.2) is 9.67 Å². The maximum atomic E-state index is 6.37. The molecule has 0 unspecified atom stereocenters. The summed E-state index contributed by atoms with van der Waals surface area (Å²) in [5.41, 5.74) is 3.51. The molecule has 0 aliphatic carbocycles. The minimum atomic E-state index is 0.265. The number of piperidine rings is 1. The van der Waals surface area contributed by atoms with E-state index < -0.39 is 0 Å². The van der Waals surface area contributed by atoms with E-state index in [-0.39, 0.29) is 6.04 Å². The van der Waals surface area contributed by atoms with Crippen molar-refractivity contribution in [1.29, 1.82) is 0 Å². The highest BCUT2D eigenvalue weighted by atomic mass is 35.5. The summed E-state index contributed by atoms with van der Waals surface area (Å²) in [6.07, 6.45) is 3.50. The molecule has 4 heterocycles. The van der Waals surface area contributed by atoms with Crippen molar-refractivity contribution in [1.82, 2.24) is 35.2 Å². The van der Waals surface area contributed by atoms with Gasteiger partial charge < -0.3 is 15.5 Å². The van der Waals surface area contributed by atoms with Gasteiger partial charge in [0.25, 0.3) is 0 Å². The summed E-state index contributed by atoms with van der Waals surface area (Å²) in [5, 5.41) is 23.8. The zero-order chi connectivity index (χ0) is 22.1. The smallest absolute Gasteiger partial charge is 0.229 e. The fraction of sp³-hybridized carbons (Fsp3) is 0.333. The summed E-state index contributed by atoms with van der Waals surface area (Å²) in [4.78, 5) is 11.2. The molecule has 3 aromatic heterocycles. The van der Waals surface area contributed by atoms with Crippen LogP contribution in [0.3, 0.4) is 0 Å². The third-order valence-electron chi connectivity index (χ3n) is 5.55. The first-order chi connectivity index (χ1) is 15.5. The Morgan fingerprint density at radius 1 is 1.06 bits per heavy atom. The number of hydrogen-bond donors (Lipinski definition) is 2. The fourth-order valence-corrected chi connectivity index (χ4v) is 3.93. The first-order valence-corrected chi connectivity index (χ1v) is 10.8. The van der Waals surface area contributed by atoms with Crippen molar-refractivity contribution in [2.45, 2.75) is 25.8 Å². The van der Waals surface area contributed by atoms with Crippen LogP contribution in [0, 0.1) is 6.92 Å². The number of halogens is 1. The van der Waals surface area contributed by atoms with Gasteiger partial charge in [0.1, 0.15) is 10.5 Å². The van der Waals surface area contributed by atoms with Crippen LogP contribution in [0.15, 0.2) is 36.5 Å². The van der Waals surface area contributed by atoms with Crippen LogP contribution in [-0.4, -0.2) is 54.3 Å². The van der Waals surface area contributed by atoms with Crippen molar-refractivity contribution >= 4 is 45.9 Å². The molecular formula is C21H23ClN10. The molecule has 11 heteroatoms. The molecule has 0 radical (unpaired) electrons. The fourth-order valence-electron chi connectivity index (χ4n) is 3.78. The van der Waals surface area contributed by atoms with E-state index in [9.17, 15) is 0 Å². The summed E-state index contributed by atoms with van der Waals surface area (Å²) in [6.45, 7) is 3.72. The van der Waals surface area contributed by atoms with Crippen LogP contribution in [0.4, 0.5) is 23.3 Å². The molecule has 0 spiro atoms. The van der Waals surface area contributed by atoms with E-state index in [2.05, 4.69) is 46.0 Å². The third-order valence-corrected chi connectivity index (χ3v) is 5.83. The van der Waals surface area contributed by atoms with Crippen LogP contribution in [0.5, 0.6) is 0 Å². The lowest BCUT2D eigenvalue weighted by molar-refractivity contribution is 0.521. The highest BCUT2D eigenvalue weighted by molar-refractivity contribution is 6.32. The lowest BCUT2D eigenvalue weighted by Gasteiger charge is -2.33. The van der Waals surface area contributed by atoms with Gasteiger partial charge in [-0.1, -0.05) is 16.8 Å². The molecule has 0 atom stereocenters. The largest absolute Gasteiger partial charge is 0.366 e. The maximum Gasteiger partial charge on any atom is 0.229 e. The van der Waals surface area contributed by atoms with Crippen molar-refractivity contribution in [3.05, 3.63) is 47.2 Å². The van der Waals surface area contributed by atoms with Crippen LogP contribution in [0.2, 0.25) is 5.02 Å². The minimum absolute atomic E-state index is 0.265. The van der Waals surface area contributed by atoms with Gasteiger partial charge in [0, 0.05) is 31.9 Å². The molecule has 1 aliphatic heterocycles. The Kier molecular flexibility index (Phi) is 5.44. The number of nitrogens with one attached hydrogen (secondary N) is 2. The second kappa shape index (κ2) is 8.54. The van der Waals surface area contributed by atoms with Gasteiger partial charge in [-0.2, -0.15) is 10.1 Å². The standard InChI is InChI=1S/C21H23ClN10/c1-13-3-6-19(29-27-13)32-9-7-14(8-10-32)24-20-16(22)12-23-21(26-20)25-15-4-5-18-17(11-15)28-30-31(18)2/h3-6,11-12,14H,7-10H2,1-2H3,(H2,23,24,25,26). The van der Waals surface area contributed by atoms with Crippen molar-refractivity contribution in [3.63, 3.8) is 0 Å². The second-order valence-electron chi connectivity index (χ2n) is 7.87. The SMILES string of the molecule is Cc1ccc(N2CCC(Nc3nc(Nc4ccc5c(c4)nnn5C)ncc3Cl)CC2)nn1. The molecule has 1 fully saturated rings. The monoisotopic (exact) mass is 450 g/mol. The number of nitrogens with zero attached hydrogens (tertiary/aromatic N) is 8. The van der Waals surface area contributed by atoms with E-state index >= 15 is 0 Å². The summed E-state index contributed by atoms with van der Waals surface area (Å²) < 4.78 is 1.73. The van der Waals surface area contributed by atoms with Gasteiger partial charge in [-0.05, 0) is 50.1 Å². The van der Waals surface area contributed by atoms with Crippen molar-refractivity contribution in [2.75, 3.05) is 28.6 Å². The Bertz CT molecular complexity index is 1230. The summed E-state index contributed by atoms with van der Waals surface area (Å²) in [7, 11) is 1.86. The second-order valence-corrected chi connectivity index (χ2v) is 8.28. The molecule has 0 bridgehead atoms. The average Bonchev–Trinajstić information content (AvgIpc) is 3.17. The number of hydrogen-bond acceptors (Lipinski definition) is 9. The Hall–Kier alpha value is -3.53.